The molecule has 1 spiro atoms. The molecule has 1 aliphatic heterocycles. The first-order chi connectivity index (χ1) is 7.46. The first kappa shape index (κ1) is 11.9. The minimum Gasteiger partial charge on any atom is -0.324 e. The fourth-order valence-electron chi connectivity index (χ4n) is 2.38. The fourth-order valence-corrected chi connectivity index (χ4v) is 2.38. The highest BCUT2D eigenvalue weighted by Gasteiger charge is 2.59. The van der Waals surface area contributed by atoms with Crippen LogP contribution in [0.4, 0.5) is 0 Å². The average Bonchev–Trinajstić information content (AvgIpc) is 2.90. The molecule has 16 heavy (non-hydrogen) atoms. The Hall–Kier alpha value is -0.610. The quantitative estimate of drug-likeness (QED) is 0.756. The van der Waals surface area contributed by atoms with E-state index in [2.05, 4.69) is 24.1 Å². The van der Waals surface area contributed by atoms with Crippen LogP contribution in [0, 0.1) is 5.92 Å². The molecule has 2 rings (SSSR count). The predicted molar refractivity (Wildman–Crippen MR) is 64.0 cm³/mol. The summed E-state index contributed by atoms with van der Waals surface area (Å²) in [4.78, 5) is 16.4. The van der Waals surface area contributed by atoms with Crippen molar-refractivity contribution in [1.82, 2.24) is 15.1 Å². The molecular weight excluding hydrogens is 202 g/mol. The molecule has 1 saturated heterocycles. The highest BCUT2D eigenvalue weighted by molar-refractivity contribution is 5.91. The number of amides is 1. The number of carbonyl (C=O) groups is 1. The molecule has 92 valence electrons. The molecule has 1 heterocycles. The van der Waals surface area contributed by atoms with Crippen molar-refractivity contribution in [1.29, 1.82) is 0 Å². The van der Waals surface area contributed by atoms with Crippen molar-refractivity contribution in [3.8, 4) is 0 Å². The Balaban J connectivity index is 2.04. The Morgan fingerprint density at radius 3 is 2.56 bits per heavy atom. The number of rotatable bonds is 4. The number of hydrogen-bond donors (Lipinski definition) is 1. The SMILES string of the molecule is CC(C)C1NC2(CC2)C(=O)N1CCN(C)C. The first-order valence-electron chi connectivity index (χ1n) is 6.20. The molecule has 4 heteroatoms. The molecule has 2 fully saturated rings. The monoisotopic (exact) mass is 225 g/mol. The number of nitrogens with zero attached hydrogens (tertiary/aromatic N) is 2. The third kappa shape index (κ3) is 1.96. The van der Waals surface area contributed by atoms with Crippen LogP contribution in [-0.4, -0.2) is 54.6 Å². The summed E-state index contributed by atoms with van der Waals surface area (Å²) in [6, 6.07) is 0. The van der Waals surface area contributed by atoms with Gasteiger partial charge in [-0.2, -0.15) is 0 Å². The summed E-state index contributed by atoms with van der Waals surface area (Å²) in [7, 11) is 4.09. The number of carbonyl (C=O) groups excluding carboxylic acids is 1. The number of nitrogens with one attached hydrogen (secondary N) is 1. The van der Waals surface area contributed by atoms with Crippen molar-refractivity contribution in [2.24, 2.45) is 5.92 Å². The molecule has 0 aromatic heterocycles. The van der Waals surface area contributed by atoms with Crippen LogP contribution in [-0.2, 0) is 4.79 Å². The zero-order valence-electron chi connectivity index (χ0n) is 10.8. The summed E-state index contributed by atoms with van der Waals surface area (Å²) in [5, 5.41) is 3.52. The fraction of sp³-hybridized carbons (Fsp3) is 0.917. The zero-order valence-corrected chi connectivity index (χ0v) is 10.8. The maximum atomic E-state index is 12.3. The van der Waals surface area contributed by atoms with Crippen LogP contribution >= 0.6 is 0 Å². The summed E-state index contributed by atoms with van der Waals surface area (Å²) in [6.45, 7) is 6.13. The molecule has 0 aromatic carbocycles. The van der Waals surface area contributed by atoms with Crippen molar-refractivity contribution in [3.05, 3.63) is 0 Å². The van der Waals surface area contributed by atoms with Gasteiger partial charge in [0.25, 0.3) is 0 Å². The minimum atomic E-state index is -0.165. The molecule has 0 bridgehead atoms. The molecule has 1 aliphatic carbocycles. The van der Waals surface area contributed by atoms with Gasteiger partial charge in [-0.05, 0) is 32.9 Å². The van der Waals surface area contributed by atoms with Crippen molar-refractivity contribution in [2.45, 2.75) is 38.4 Å². The summed E-state index contributed by atoms with van der Waals surface area (Å²) >= 11 is 0. The lowest BCUT2D eigenvalue weighted by Crippen LogP contribution is -2.44. The van der Waals surface area contributed by atoms with Crippen LogP contribution in [0.5, 0.6) is 0 Å². The molecule has 1 amide bonds. The van der Waals surface area contributed by atoms with E-state index in [1.54, 1.807) is 0 Å². The van der Waals surface area contributed by atoms with Crippen LogP contribution < -0.4 is 5.32 Å². The van der Waals surface area contributed by atoms with E-state index in [0.717, 1.165) is 25.9 Å². The third-order valence-electron chi connectivity index (χ3n) is 3.60. The molecule has 1 unspecified atom stereocenters. The maximum absolute atomic E-state index is 12.3. The second-order valence-electron chi connectivity index (χ2n) is 5.72. The van der Waals surface area contributed by atoms with Gasteiger partial charge in [0.15, 0.2) is 0 Å². The van der Waals surface area contributed by atoms with Gasteiger partial charge < -0.3 is 9.80 Å². The Morgan fingerprint density at radius 2 is 2.12 bits per heavy atom. The van der Waals surface area contributed by atoms with Crippen molar-refractivity contribution >= 4 is 5.91 Å². The second kappa shape index (κ2) is 4.00. The van der Waals surface area contributed by atoms with Crippen molar-refractivity contribution < 1.29 is 4.79 Å². The largest absolute Gasteiger partial charge is 0.324 e. The molecule has 1 saturated carbocycles. The van der Waals surface area contributed by atoms with Gasteiger partial charge in [0.05, 0.1) is 11.7 Å². The third-order valence-corrected chi connectivity index (χ3v) is 3.60. The number of hydrogen-bond acceptors (Lipinski definition) is 3. The van der Waals surface area contributed by atoms with Crippen LogP contribution in [0.2, 0.25) is 0 Å². The molecular formula is C12H23N3O. The lowest BCUT2D eigenvalue weighted by molar-refractivity contribution is -0.131. The van der Waals surface area contributed by atoms with Crippen LogP contribution in [0.15, 0.2) is 0 Å². The predicted octanol–water partition coefficient (Wildman–Crippen LogP) is 0.495. The summed E-state index contributed by atoms with van der Waals surface area (Å²) in [5.74, 6) is 0.805. The molecule has 0 radical (unpaired) electrons. The van der Waals surface area contributed by atoms with E-state index in [4.69, 9.17) is 0 Å². The van der Waals surface area contributed by atoms with Gasteiger partial charge in [0.1, 0.15) is 0 Å². The van der Waals surface area contributed by atoms with Gasteiger partial charge in [0.2, 0.25) is 5.91 Å². The topological polar surface area (TPSA) is 35.6 Å². The smallest absolute Gasteiger partial charge is 0.244 e. The van der Waals surface area contributed by atoms with E-state index in [1.807, 2.05) is 19.0 Å². The van der Waals surface area contributed by atoms with E-state index in [0.29, 0.717) is 11.8 Å². The molecule has 2 aliphatic rings. The summed E-state index contributed by atoms with van der Waals surface area (Å²) in [6.07, 6.45) is 2.27. The number of likely N-dealkylation sites (N-methyl/N-ethyl adjacent to an activating group) is 1. The lowest BCUT2D eigenvalue weighted by atomic mass is 10.1. The highest BCUT2D eigenvalue weighted by Crippen LogP contribution is 2.43. The second-order valence-corrected chi connectivity index (χ2v) is 5.72. The normalized spacial score (nSPS) is 27.5. The van der Waals surface area contributed by atoms with E-state index in [9.17, 15) is 4.79 Å². The Morgan fingerprint density at radius 1 is 1.50 bits per heavy atom. The van der Waals surface area contributed by atoms with Gasteiger partial charge in [-0.15, -0.1) is 0 Å². The van der Waals surface area contributed by atoms with Gasteiger partial charge in [-0.3, -0.25) is 10.1 Å². The molecule has 1 atom stereocenters. The first-order valence-corrected chi connectivity index (χ1v) is 6.20. The van der Waals surface area contributed by atoms with E-state index in [-0.39, 0.29) is 11.7 Å². The lowest BCUT2D eigenvalue weighted by Gasteiger charge is -2.28. The van der Waals surface area contributed by atoms with Crippen molar-refractivity contribution in [2.75, 3.05) is 27.2 Å². The van der Waals surface area contributed by atoms with Gasteiger partial charge >= 0.3 is 0 Å². The Labute approximate surface area is 98.0 Å². The van der Waals surface area contributed by atoms with Gasteiger partial charge in [0, 0.05) is 13.1 Å². The molecule has 0 aromatic rings. The van der Waals surface area contributed by atoms with Crippen LogP contribution in [0.1, 0.15) is 26.7 Å². The Bertz CT molecular complexity index is 284. The molecule has 4 nitrogen and oxygen atoms in total. The molecule has 1 N–H and O–H groups in total. The van der Waals surface area contributed by atoms with Crippen LogP contribution in [0.25, 0.3) is 0 Å². The van der Waals surface area contributed by atoms with Gasteiger partial charge in [-0.1, -0.05) is 13.8 Å². The van der Waals surface area contributed by atoms with E-state index in [1.165, 1.54) is 0 Å². The van der Waals surface area contributed by atoms with E-state index < -0.39 is 0 Å². The van der Waals surface area contributed by atoms with E-state index >= 15 is 0 Å². The highest BCUT2D eigenvalue weighted by atomic mass is 16.2. The average molecular weight is 225 g/mol. The maximum Gasteiger partial charge on any atom is 0.244 e. The van der Waals surface area contributed by atoms with Gasteiger partial charge in [-0.25, -0.2) is 0 Å². The standard InChI is InChI=1S/C12H23N3O/c1-9(2)10-13-12(5-6-12)11(16)15(10)8-7-14(3)4/h9-10,13H,5-8H2,1-4H3. The Kier molecular flexibility index (Phi) is 2.97. The van der Waals surface area contributed by atoms with Crippen LogP contribution in [0.3, 0.4) is 0 Å². The van der Waals surface area contributed by atoms with Crippen molar-refractivity contribution in [3.63, 3.8) is 0 Å². The summed E-state index contributed by atoms with van der Waals surface area (Å²) in [5.41, 5.74) is -0.165. The zero-order chi connectivity index (χ0) is 11.9. The minimum absolute atomic E-state index is 0.165. The summed E-state index contributed by atoms with van der Waals surface area (Å²) < 4.78 is 0.